The van der Waals surface area contributed by atoms with Gasteiger partial charge >= 0.3 is 0 Å². The molecule has 0 aliphatic carbocycles. The van der Waals surface area contributed by atoms with E-state index < -0.39 is 0 Å². The zero-order valence-electron chi connectivity index (χ0n) is 11.2. The minimum absolute atomic E-state index is 0.230. The third-order valence-corrected chi connectivity index (χ3v) is 3.28. The minimum atomic E-state index is -0.230. The zero-order chi connectivity index (χ0) is 13.5. The Hall–Kier alpha value is -0.610. The molecule has 0 saturated carbocycles. The number of rotatable bonds is 7. The van der Waals surface area contributed by atoms with Crippen LogP contribution in [0.1, 0.15) is 25.8 Å². The Morgan fingerprint density at radius 1 is 1.33 bits per heavy atom. The van der Waals surface area contributed by atoms with Crippen molar-refractivity contribution in [1.29, 1.82) is 0 Å². The third kappa shape index (κ3) is 5.36. The van der Waals surface area contributed by atoms with Crippen LogP contribution in [-0.2, 0) is 4.74 Å². The smallest absolute Gasteiger partial charge is 0.137 e. The fourth-order valence-corrected chi connectivity index (χ4v) is 1.86. The summed E-state index contributed by atoms with van der Waals surface area (Å²) in [5.41, 5.74) is 1.84. The van der Waals surface area contributed by atoms with E-state index in [2.05, 4.69) is 35.1 Å². The van der Waals surface area contributed by atoms with Gasteiger partial charge in [0.2, 0.25) is 0 Å². The molecule has 1 aromatic rings. The molecule has 1 rings (SSSR count). The molecule has 0 heterocycles. The van der Waals surface area contributed by atoms with Crippen LogP contribution in [0.4, 0.5) is 10.1 Å². The van der Waals surface area contributed by atoms with Gasteiger partial charge in [-0.05, 0) is 52.9 Å². The maximum atomic E-state index is 13.2. The Kier molecular flexibility index (Phi) is 6.65. The van der Waals surface area contributed by atoms with E-state index in [0.29, 0.717) is 17.0 Å². The normalized spacial score (nSPS) is 11.0. The number of anilines is 1. The van der Waals surface area contributed by atoms with Crippen molar-refractivity contribution in [1.82, 2.24) is 0 Å². The van der Waals surface area contributed by atoms with E-state index >= 15 is 0 Å². The van der Waals surface area contributed by atoms with Crippen molar-refractivity contribution in [2.24, 2.45) is 5.92 Å². The molecule has 1 N–H and O–H groups in total. The van der Waals surface area contributed by atoms with Gasteiger partial charge in [-0.1, -0.05) is 13.8 Å². The average Bonchev–Trinajstić information content (AvgIpc) is 2.29. The van der Waals surface area contributed by atoms with Crippen molar-refractivity contribution < 1.29 is 9.13 Å². The number of aryl methyl sites for hydroxylation is 1. The van der Waals surface area contributed by atoms with E-state index in [1.54, 1.807) is 6.07 Å². The Bertz CT molecular complexity index is 382. The quantitative estimate of drug-likeness (QED) is 0.754. The van der Waals surface area contributed by atoms with Crippen LogP contribution in [0, 0.1) is 18.7 Å². The number of halogens is 2. The molecular formula is C14H21BrFNO. The fourth-order valence-electron chi connectivity index (χ4n) is 1.52. The molecule has 0 saturated heterocycles. The molecule has 0 atom stereocenters. The highest BCUT2D eigenvalue weighted by molar-refractivity contribution is 9.10. The van der Waals surface area contributed by atoms with E-state index in [0.717, 1.165) is 30.8 Å². The number of nitrogens with one attached hydrogen (secondary N) is 1. The molecule has 1 aromatic carbocycles. The van der Waals surface area contributed by atoms with Crippen LogP contribution >= 0.6 is 15.9 Å². The van der Waals surface area contributed by atoms with Crippen LogP contribution in [0.15, 0.2) is 16.6 Å². The van der Waals surface area contributed by atoms with E-state index in [-0.39, 0.29) is 5.82 Å². The molecule has 18 heavy (non-hydrogen) atoms. The van der Waals surface area contributed by atoms with Crippen LogP contribution < -0.4 is 5.32 Å². The summed E-state index contributed by atoms with van der Waals surface area (Å²) in [5.74, 6) is 0.444. The van der Waals surface area contributed by atoms with Crippen molar-refractivity contribution in [2.75, 3.05) is 25.1 Å². The summed E-state index contributed by atoms with van der Waals surface area (Å²) in [6.07, 6.45) is 1.08. The highest BCUT2D eigenvalue weighted by Gasteiger charge is 2.04. The van der Waals surface area contributed by atoms with Crippen LogP contribution in [0.5, 0.6) is 0 Å². The predicted octanol–water partition coefficient (Wildman–Crippen LogP) is 4.37. The summed E-state index contributed by atoms with van der Waals surface area (Å²) >= 11 is 3.18. The largest absolute Gasteiger partial charge is 0.382 e. The van der Waals surface area contributed by atoms with Crippen LogP contribution in [0.25, 0.3) is 0 Å². The zero-order valence-corrected chi connectivity index (χ0v) is 12.8. The second-order valence-electron chi connectivity index (χ2n) is 4.80. The molecule has 102 valence electrons. The van der Waals surface area contributed by atoms with Gasteiger partial charge in [-0.2, -0.15) is 0 Å². The summed E-state index contributed by atoms with van der Waals surface area (Å²) in [6, 6.07) is 3.28. The van der Waals surface area contributed by atoms with Crippen LogP contribution in [-0.4, -0.2) is 19.8 Å². The second kappa shape index (κ2) is 7.74. The number of ether oxygens (including phenoxy) is 1. The first-order chi connectivity index (χ1) is 8.50. The molecule has 0 unspecified atom stereocenters. The number of hydrogen-bond donors (Lipinski definition) is 1. The van der Waals surface area contributed by atoms with Crippen molar-refractivity contribution in [3.63, 3.8) is 0 Å². The Labute approximate surface area is 117 Å². The van der Waals surface area contributed by atoms with E-state index in [1.165, 1.54) is 6.07 Å². The fraction of sp³-hybridized carbons (Fsp3) is 0.571. The Morgan fingerprint density at radius 3 is 2.72 bits per heavy atom. The van der Waals surface area contributed by atoms with Gasteiger partial charge in [-0.25, -0.2) is 4.39 Å². The second-order valence-corrected chi connectivity index (χ2v) is 5.66. The Morgan fingerprint density at radius 2 is 2.06 bits per heavy atom. The summed E-state index contributed by atoms with van der Waals surface area (Å²) in [5, 5.41) is 3.25. The standard InChI is InChI=1S/C14H21BrFNO/c1-10(2)4-6-18-7-5-17-14-9-12(15)13(16)8-11(14)3/h8-10,17H,4-7H2,1-3H3. The first-order valence-electron chi connectivity index (χ1n) is 6.28. The third-order valence-electron chi connectivity index (χ3n) is 2.67. The molecule has 2 nitrogen and oxygen atoms in total. The van der Waals surface area contributed by atoms with Crippen molar-refractivity contribution >= 4 is 21.6 Å². The monoisotopic (exact) mass is 317 g/mol. The summed E-state index contributed by atoms with van der Waals surface area (Å²) < 4.78 is 19.2. The molecule has 0 spiro atoms. The molecule has 0 fully saturated rings. The van der Waals surface area contributed by atoms with Gasteiger partial charge in [0.15, 0.2) is 0 Å². The summed E-state index contributed by atoms with van der Waals surface area (Å²) in [4.78, 5) is 0. The molecular weight excluding hydrogens is 297 g/mol. The first kappa shape index (κ1) is 15.4. The SMILES string of the molecule is Cc1cc(F)c(Br)cc1NCCOCCC(C)C. The average molecular weight is 318 g/mol. The number of benzene rings is 1. The van der Waals surface area contributed by atoms with Crippen LogP contribution in [0.2, 0.25) is 0 Å². The van der Waals surface area contributed by atoms with Gasteiger partial charge in [0, 0.05) is 18.8 Å². The van der Waals surface area contributed by atoms with Gasteiger partial charge in [-0.15, -0.1) is 0 Å². The summed E-state index contributed by atoms with van der Waals surface area (Å²) in [6.45, 7) is 8.45. The van der Waals surface area contributed by atoms with Gasteiger partial charge < -0.3 is 10.1 Å². The van der Waals surface area contributed by atoms with Gasteiger partial charge in [-0.3, -0.25) is 0 Å². The lowest BCUT2D eigenvalue weighted by atomic mass is 10.1. The topological polar surface area (TPSA) is 21.3 Å². The van der Waals surface area contributed by atoms with Crippen LogP contribution in [0.3, 0.4) is 0 Å². The summed E-state index contributed by atoms with van der Waals surface area (Å²) in [7, 11) is 0. The molecule has 0 aliphatic heterocycles. The number of hydrogen-bond acceptors (Lipinski definition) is 2. The van der Waals surface area contributed by atoms with Gasteiger partial charge in [0.05, 0.1) is 11.1 Å². The molecule has 4 heteroatoms. The van der Waals surface area contributed by atoms with E-state index in [4.69, 9.17) is 4.74 Å². The molecule has 0 radical (unpaired) electrons. The minimum Gasteiger partial charge on any atom is -0.382 e. The van der Waals surface area contributed by atoms with Crippen molar-refractivity contribution in [2.45, 2.75) is 27.2 Å². The first-order valence-corrected chi connectivity index (χ1v) is 7.07. The van der Waals surface area contributed by atoms with E-state index in [9.17, 15) is 4.39 Å². The maximum absolute atomic E-state index is 13.2. The molecule has 0 aliphatic rings. The maximum Gasteiger partial charge on any atom is 0.137 e. The van der Waals surface area contributed by atoms with E-state index in [1.807, 2.05) is 6.92 Å². The predicted molar refractivity (Wildman–Crippen MR) is 77.6 cm³/mol. The van der Waals surface area contributed by atoms with Crippen molar-refractivity contribution in [3.8, 4) is 0 Å². The van der Waals surface area contributed by atoms with Gasteiger partial charge in [0.1, 0.15) is 5.82 Å². The van der Waals surface area contributed by atoms with Gasteiger partial charge in [0.25, 0.3) is 0 Å². The Balaban J connectivity index is 2.29. The van der Waals surface area contributed by atoms with Crippen molar-refractivity contribution in [3.05, 3.63) is 28.0 Å². The lowest BCUT2D eigenvalue weighted by molar-refractivity contribution is 0.132. The lowest BCUT2D eigenvalue weighted by Gasteiger charge is -2.11. The molecule has 0 bridgehead atoms. The highest BCUT2D eigenvalue weighted by Crippen LogP contribution is 2.23. The highest BCUT2D eigenvalue weighted by atomic mass is 79.9. The molecule has 0 amide bonds. The lowest BCUT2D eigenvalue weighted by Crippen LogP contribution is -2.11. The molecule has 0 aromatic heterocycles.